The van der Waals surface area contributed by atoms with Gasteiger partial charge in [-0.3, -0.25) is 0 Å². The van der Waals surface area contributed by atoms with Crippen LogP contribution in [-0.2, 0) is 10.8 Å². The molecule has 0 heterocycles. The summed E-state index contributed by atoms with van der Waals surface area (Å²) in [6.07, 6.45) is 34.8. The summed E-state index contributed by atoms with van der Waals surface area (Å²) in [5.74, 6) is 0. The minimum absolute atomic E-state index is 0.161. The number of anilines is 1. The molecule has 0 amide bonds. The van der Waals surface area contributed by atoms with Gasteiger partial charge < -0.3 is 4.90 Å². The quantitative estimate of drug-likeness (QED) is 0.140. The van der Waals surface area contributed by atoms with Crippen molar-refractivity contribution >= 4 is 16.8 Å². The molecule has 0 unspecified atom stereocenters. The van der Waals surface area contributed by atoms with Gasteiger partial charge in [-0.1, -0.05) is 218 Å². The van der Waals surface area contributed by atoms with E-state index in [2.05, 4.69) is 221 Å². The molecule has 1 heteroatoms. The maximum absolute atomic E-state index is 2.63. The van der Waals surface area contributed by atoms with Gasteiger partial charge in [0.2, 0.25) is 0 Å². The van der Waals surface area contributed by atoms with Crippen LogP contribution in [0.4, 0.5) is 5.69 Å². The monoisotopic (exact) mass is 890 g/mol. The molecule has 1 fully saturated rings. The molecule has 0 aromatic heterocycles. The van der Waals surface area contributed by atoms with Crippen LogP contribution in [0.5, 0.6) is 0 Å². The van der Waals surface area contributed by atoms with Gasteiger partial charge in [-0.2, -0.15) is 0 Å². The van der Waals surface area contributed by atoms with Crippen molar-refractivity contribution < 1.29 is 0 Å². The Morgan fingerprint density at radius 3 is 1.99 bits per heavy atom. The summed E-state index contributed by atoms with van der Waals surface area (Å²) in [4.78, 5) is 2.63. The van der Waals surface area contributed by atoms with Gasteiger partial charge in [0.1, 0.15) is 0 Å². The van der Waals surface area contributed by atoms with E-state index in [9.17, 15) is 0 Å². The summed E-state index contributed by atoms with van der Waals surface area (Å²) < 4.78 is 0. The van der Waals surface area contributed by atoms with E-state index in [1.165, 1.54) is 110 Å². The smallest absolute Gasteiger partial charge is 0.0677 e. The van der Waals surface area contributed by atoms with Crippen LogP contribution < -0.4 is 4.90 Å². The Bertz CT molecular complexity index is 2920. The van der Waals surface area contributed by atoms with Crippen LogP contribution in [0.1, 0.15) is 146 Å². The normalized spacial score (nSPS) is 19.5. The topological polar surface area (TPSA) is 3.24 Å². The van der Waals surface area contributed by atoms with Crippen molar-refractivity contribution in [3.8, 4) is 11.1 Å². The van der Waals surface area contributed by atoms with Gasteiger partial charge in [0.15, 0.2) is 0 Å². The van der Waals surface area contributed by atoms with Gasteiger partial charge in [0.25, 0.3) is 0 Å². The third kappa shape index (κ3) is 7.73. The Morgan fingerprint density at radius 2 is 1.31 bits per heavy atom. The lowest BCUT2D eigenvalue weighted by Crippen LogP contribution is -2.31. The second-order valence-corrected chi connectivity index (χ2v) is 19.4. The number of allylic oxidation sites excluding steroid dienone is 17. The molecule has 1 saturated carbocycles. The molecule has 5 aromatic carbocycles. The number of nitrogens with zero attached hydrogens (tertiary/aromatic N) is 1. The molecular formula is C67H71N. The minimum atomic E-state index is -0.412. The zero-order valence-corrected chi connectivity index (χ0v) is 42.0. The predicted molar refractivity (Wildman–Crippen MR) is 294 cm³/mol. The standard InChI is InChI=1S/C63H59N.2C2H6/c1-5-21-44(2)42-59(56-31-16-17-39-61(56,3)4)64(48-35-33-45(34-36-48)50-28-20-32-57-60(50)53-27-13-14-29-54(53)62(57)40-18-19-41-62)49-37-38-52-51-26-12-15-30-55(51)63(58(52)43-49,46-22-8-6-9-23-46)47-24-10-7-11-25-47;2*1-2/h5-14,16-17,20-29,31-33,35,37-39,42-43H,15,18-19,30,34,36,40-41H2,1-4H3;2*1-2H3/b21-5-,44-42+,59-56+;;. The molecule has 0 aliphatic heterocycles. The molecule has 0 radical (unpaired) electrons. The average Bonchev–Trinajstić information content (AvgIpc) is 4.08. The van der Waals surface area contributed by atoms with Crippen molar-refractivity contribution in [3.05, 3.63) is 255 Å². The van der Waals surface area contributed by atoms with E-state index < -0.39 is 5.41 Å². The van der Waals surface area contributed by atoms with Crippen LogP contribution in [0.25, 0.3) is 22.3 Å². The largest absolute Gasteiger partial charge is 0.314 e. The highest BCUT2D eigenvalue weighted by Crippen LogP contribution is 2.60. The Labute approximate surface area is 409 Å². The van der Waals surface area contributed by atoms with Crippen molar-refractivity contribution in [1.82, 2.24) is 0 Å². The average molecular weight is 890 g/mol. The molecule has 0 N–H and O–H groups in total. The van der Waals surface area contributed by atoms with E-state index in [1.807, 2.05) is 27.7 Å². The highest BCUT2D eigenvalue weighted by molar-refractivity contribution is 5.93. The zero-order valence-electron chi connectivity index (χ0n) is 42.0. The van der Waals surface area contributed by atoms with Crippen molar-refractivity contribution in [2.45, 2.75) is 118 Å². The van der Waals surface area contributed by atoms with E-state index in [4.69, 9.17) is 0 Å². The second-order valence-electron chi connectivity index (χ2n) is 19.4. The Morgan fingerprint density at radius 1 is 0.632 bits per heavy atom. The molecule has 11 rings (SSSR count). The van der Waals surface area contributed by atoms with Gasteiger partial charge in [0, 0.05) is 22.2 Å². The summed E-state index contributed by atoms with van der Waals surface area (Å²) in [5.41, 5.74) is 23.0. The lowest BCUT2D eigenvalue weighted by molar-refractivity contribution is 0.550. The van der Waals surface area contributed by atoms with E-state index in [1.54, 1.807) is 11.1 Å². The maximum atomic E-state index is 2.63. The van der Waals surface area contributed by atoms with Crippen LogP contribution in [0, 0.1) is 5.41 Å². The van der Waals surface area contributed by atoms with Crippen LogP contribution in [0.3, 0.4) is 0 Å². The van der Waals surface area contributed by atoms with Crippen molar-refractivity contribution in [2.24, 2.45) is 5.41 Å². The highest BCUT2D eigenvalue weighted by atomic mass is 15.2. The van der Waals surface area contributed by atoms with Crippen molar-refractivity contribution in [3.63, 3.8) is 0 Å². The number of hydrogen-bond donors (Lipinski definition) is 0. The number of hydrogen-bond acceptors (Lipinski definition) is 1. The van der Waals surface area contributed by atoms with E-state index in [0.717, 1.165) is 25.7 Å². The van der Waals surface area contributed by atoms with Crippen LogP contribution in [-0.4, -0.2) is 0 Å². The molecule has 68 heavy (non-hydrogen) atoms. The molecule has 6 aliphatic rings. The highest BCUT2D eigenvalue weighted by Gasteiger charge is 2.48. The minimum Gasteiger partial charge on any atom is -0.314 e. The Kier molecular flexibility index (Phi) is 13.5. The Balaban J connectivity index is 0.00000141. The fourth-order valence-electron chi connectivity index (χ4n) is 12.6. The fraction of sp³-hybridized carbons (Fsp3) is 0.284. The Hall–Kier alpha value is -6.44. The summed E-state index contributed by atoms with van der Waals surface area (Å²) in [5, 5.41) is 0. The zero-order chi connectivity index (χ0) is 47.5. The van der Waals surface area contributed by atoms with Gasteiger partial charge in [0.05, 0.1) is 11.1 Å². The van der Waals surface area contributed by atoms with Crippen molar-refractivity contribution in [2.75, 3.05) is 4.90 Å². The fourth-order valence-corrected chi connectivity index (χ4v) is 12.6. The van der Waals surface area contributed by atoms with Gasteiger partial charge in [-0.15, -0.1) is 0 Å². The SMILES string of the molecule is CC.CC.C\C=C/C(C)=C/C(=C1/C=CC=CC1(C)C)N(C1=CC=C(c2cccc3c2-c2ccccc2C32CCCC2)CC1)c1ccc2c(c1)C(c1ccccc1)(c1ccccc1)C1=C2C=CCC1. The molecule has 344 valence electrons. The first-order valence-corrected chi connectivity index (χ1v) is 25.9. The summed E-state index contributed by atoms with van der Waals surface area (Å²) in [6.45, 7) is 17.1. The second kappa shape index (κ2) is 19.7. The first-order chi connectivity index (χ1) is 33.3. The van der Waals surface area contributed by atoms with E-state index >= 15 is 0 Å². The molecule has 1 nitrogen and oxygen atoms in total. The van der Waals surface area contributed by atoms with E-state index in [-0.39, 0.29) is 10.8 Å². The number of fused-ring (bicyclic) bond motifs is 7. The lowest BCUT2D eigenvalue weighted by atomic mass is 9.65. The van der Waals surface area contributed by atoms with Crippen LogP contribution in [0.15, 0.2) is 216 Å². The molecular weight excluding hydrogens is 819 g/mol. The first-order valence-electron chi connectivity index (χ1n) is 25.9. The van der Waals surface area contributed by atoms with Gasteiger partial charge >= 0.3 is 0 Å². The summed E-state index contributed by atoms with van der Waals surface area (Å²) in [6, 6.07) is 46.6. The third-order valence-corrected chi connectivity index (χ3v) is 15.4. The van der Waals surface area contributed by atoms with Crippen molar-refractivity contribution in [1.29, 1.82) is 0 Å². The summed E-state index contributed by atoms with van der Waals surface area (Å²) >= 11 is 0. The first kappa shape index (κ1) is 46.7. The number of benzene rings is 5. The molecule has 0 atom stereocenters. The molecule has 6 aliphatic carbocycles. The molecule has 1 spiro atoms. The third-order valence-electron chi connectivity index (χ3n) is 15.4. The molecule has 0 saturated heterocycles. The molecule has 5 aromatic rings. The van der Waals surface area contributed by atoms with Gasteiger partial charge in [-0.25, -0.2) is 0 Å². The van der Waals surface area contributed by atoms with Gasteiger partial charge in [-0.05, 0) is 155 Å². The number of rotatable bonds is 8. The lowest BCUT2D eigenvalue weighted by Gasteiger charge is -2.38. The summed E-state index contributed by atoms with van der Waals surface area (Å²) in [7, 11) is 0. The molecule has 0 bridgehead atoms. The van der Waals surface area contributed by atoms with E-state index in [0.29, 0.717) is 0 Å². The maximum Gasteiger partial charge on any atom is 0.0677 e. The van der Waals surface area contributed by atoms with Crippen LogP contribution in [0.2, 0.25) is 0 Å². The predicted octanol–water partition coefficient (Wildman–Crippen LogP) is 18.5. The van der Waals surface area contributed by atoms with Crippen LogP contribution >= 0.6 is 0 Å².